The summed E-state index contributed by atoms with van der Waals surface area (Å²) in [5.74, 6) is 0.934. The molecule has 2 heterocycles. The van der Waals surface area contributed by atoms with Crippen LogP contribution in [-0.4, -0.2) is 34.4 Å². The smallest absolute Gasteiger partial charge is 0.240 e. The first-order valence-corrected chi connectivity index (χ1v) is 8.27. The van der Waals surface area contributed by atoms with Crippen molar-refractivity contribution >= 4 is 5.91 Å². The van der Waals surface area contributed by atoms with Gasteiger partial charge >= 0.3 is 0 Å². The number of hydrogen-bond acceptors (Lipinski definition) is 4. The van der Waals surface area contributed by atoms with E-state index in [2.05, 4.69) is 22.1 Å². The second-order valence-corrected chi connectivity index (χ2v) is 6.33. The summed E-state index contributed by atoms with van der Waals surface area (Å²) < 4.78 is 18.8. The van der Waals surface area contributed by atoms with Gasteiger partial charge in [0.2, 0.25) is 11.8 Å². The molecule has 5 nitrogen and oxygen atoms in total. The molecule has 0 radical (unpaired) electrons. The van der Waals surface area contributed by atoms with E-state index in [0.717, 1.165) is 24.9 Å². The lowest BCUT2D eigenvalue weighted by Gasteiger charge is -2.43. The Labute approximate surface area is 140 Å². The van der Waals surface area contributed by atoms with E-state index < -0.39 is 5.54 Å². The minimum Gasteiger partial charge on any atom is -0.439 e. The maximum Gasteiger partial charge on any atom is 0.240 e. The van der Waals surface area contributed by atoms with Gasteiger partial charge in [-0.15, -0.1) is 0 Å². The zero-order chi connectivity index (χ0) is 17.2. The maximum atomic E-state index is 13.0. The van der Waals surface area contributed by atoms with Crippen molar-refractivity contribution in [3.05, 3.63) is 42.2 Å². The quantitative estimate of drug-likeness (QED) is 0.915. The Bertz CT molecular complexity index is 713. The highest BCUT2D eigenvalue weighted by molar-refractivity contribution is 5.86. The summed E-state index contributed by atoms with van der Waals surface area (Å²) in [5.41, 5.74) is 0.236. The molecular formula is C18H22FN3O2. The molecule has 1 aliphatic heterocycles. The van der Waals surface area contributed by atoms with Crippen LogP contribution in [-0.2, 0) is 11.3 Å². The number of nitrogens with zero attached hydrogens (tertiary/aromatic N) is 2. The highest BCUT2D eigenvalue weighted by Gasteiger charge is 2.41. The predicted molar refractivity (Wildman–Crippen MR) is 88.6 cm³/mol. The van der Waals surface area contributed by atoms with Gasteiger partial charge in [-0.3, -0.25) is 9.69 Å². The molecule has 1 aliphatic rings. The first-order chi connectivity index (χ1) is 11.5. The molecule has 1 aromatic heterocycles. The molecule has 6 heteroatoms. The highest BCUT2D eigenvalue weighted by atomic mass is 19.1. The molecule has 0 saturated carbocycles. The van der Waals surface area contributed by atoms with E-state index in [1.54, 1.807) is 18.3 Å². The van der Waals surface area contributed by atoms with Crippen LogP contribution in [0.2, 0.25) is 0 Å². The van der Waals surface area contributed by atoms with Crippen LogP contribution in [0.15, 0.2) is 34.9 Å². The first-order valence-electron chi connectivity index (χ1n) is 8.27. The molecule has 0 aliphatic carbocycles. The summed E-state index contributed by atoms with van der Waals surface area (Å²) in [4.78, 5) is 18.8. The second-order valence-electron chi connectivity index (χ2n) is 6.33. The van der Waals surface area contributed by atoms with Gasteiger partial charge in [-0.25, -0.2) is 9.37 Å². The van der Waals surface area contributed by atoms with Crippen LogP contribution in [0, 0.1) is 5.82 Å². The van der Waals surface area contributed by atoms with Gasteiger partial charge in [0.25, 0.3) is 0 Å². The van der Waals surface area contributed by atoms with Crippen molar-refractivity contribution in [1.29, 1.82) is 0 Å². The number of hydrogen-bond donors (Lipinski definition) is 1. The topological polar surface area (TPSA) is 58.4 Å². The number of nitrogens with one attached hydrogen (secondary N) is 1. The second kappa shape index (κ2) is 6.73. The lowest BCUT2D eigenvalue weighted by atomic mass is 9.90. The van der Waals surface area contributed by atoms with Gasteiger partial charge in [-0.05, 0) is 37.6 Å². The van der Waals surface area contributed by atoms with E-state index in [1.807, 2.05) is 6.92 Å². The summed E-state index contributed by atoms with van der Waals surface area (Å²) in [7, 11) is 0. The number of benzene rings is 1. The number of rotatable bonds is 5. The summed E-state index contributed by atoms with van der Waals surface area (Å²) in [5, 5.41) is 2.94. The number of aromatic nitrogens is 1. The number of halogens is 1. The fourth-order valence-electron chi connectivity index (χ4n) is 3.19. The Hall–Kier alpha value is -2.21. The SMILES string of the molecule is CCCC1(C)C(=O)NCCN1Cc1ncc(-c2ccc(F)cc2)o1. The summed E-state index contributed by atoms with van der Waals surface area (Å²) >= 11 is 0. The fraction of sp³-hybridized carbons (Fsp3) is 0.444. The molecule has 1 amide bonds. The number of carbonyl (C=O) groups excluding carboxylic acids is 1. The van der Waals surface area contributed by atoms with Crippen molar-refractivity contribution in [3.8, 4) is 11.3 Å². The Morgan fingerprint density at radius 3 is 2.83 bits per heavy atom. The van der Waals surface area contributed by atoms with Crippen LogP contribution in [0.1, 0.15) is 32.6 Å². The number of piperazine rings is 1. The molecule has 1 saturated heterocycles. The molecular weight excluding hydrogens is 309 g/mol. The molecule has 1 atom stereocenters. The Morgan fingerprint density at radius 2 is 2.12 bits per heavy atom. The fourth-order valence-corrected chi connectivity index (χ4v) is 3.19. The predicted octanol–water partition coefficient (Wildman–Crippen LogP) is 2.97. The third-order valence-electron chi connectivity index (χ3n) is 4.60. The standard InChI is InChI=1S/C18H22FN3O2/c1-3-8-18(2)17(23)20-9-10-22(18)12-16-21-11-15(24-16)13-4-6-14(19)7-5-13/h4-7,11H,3,8-10,12H2,1-2H3,(H,20,23). The lowest BCUT2D eigenvalue weighted by molar-refractivity contribution is -0.137. The lowest BCUT2D eigenvalue weighted by Crippen LogP contribution is -2.62. The highest BCUT2D eigenvalue weighted by Crippen LogP contribution is 2.27. The first kappa shape index (κ1) is 16.6. The van der Waals surface area contributed by atoms with E-state index in [4.69, 9.17) is 4.42 Å². The molecule has 3 rings (SSSR count). The van der Waals surface area contributed by atoms with Crippen LogP contribution < -0.4 is 5.32 Å². The van der Waals surface area contributed by atoms with Crippen LogP contribution in [0.4, 0.5) is 4.39 Å². The molecule has 0 spiro atoms. The summed E-state index contributed by atoms with van der Waals surface area (Å²) in [6, 6.07) is 6.11. The number of carbonyl (C=O) groups is 1. The third-order valence-corrected chi connectivity index (χ3v) is 4.60. The minimum absolute atomic E-state index is 0.0564. The van der Waals surface area contributed by atoms with E-state index in [1.165, 1.54) is 12.1 Å². The van der Waals surface area contributed by atoms with Gasteiger partial charge in [0.1, 0.15) is 5.82 Å². The molecule has 24 heavy (non-hydrogen) atoms. The molecule has 1 fully saturated rings. The van der Waals surface area contributed by atoms with Gasteiger partial charge in [0.15, 0.2) is 5.76 Å². The average Bonchev–Trinajstić information content (AvgIpc) is 3.02. The molecule has 2 aromatic rings. The Balaban J connectivity index is 1.78. The maximum absolute atomic E-state index is 13.0. The normalized spacial score (nSPS) is 21.7. The van der Waals surface area contributed by atoms with Gasteiger partial charge in [-0.1, -0.05) is 13.3 Å². The van der Waals surface area contributed by atoms with Gasteiger partial charge < -0.3 is 9.73 Å². The van der Waals surface area contributed by atoms with Crippen LogP contribution >= 0.6 is 0 Å². The molecule has 0 bridgehead atoms. The zero-order valence-corrected chi connectivity index (χ0v) is 14.0. The monoisotopic (exact) mass is 331 g/mol. The summed E-state index contributed by atoms with van der Waals surface area (Å²) in [6.45, 7) is 5.91. The largest absolute Gasteiger partial charge is 0.439 e. The van der Waals surface area contributed by atoms with Gasteiger partial charge in [0.05, 0.1) is 18.3 Å². The van der Waals surface area contributed by atoms with Crippen LogP contribution in [0.5, 0.6) is 0 Å². The molecule has 128 valence electrons. The Kier molecular flexibility index (Phi) is 4.66. The van der Waals surface area contributed by atoms with Crippen molar-refractivity contribution in [1.82, 2.24) is 15.2 Å². The van der Waals surface area contributed by atoms with E-state index >= 15 is 0 Å². The average molecular weight is 331 g/mol. The minimum atomic E-state index is -0.544. The van der Waals surface area contributed by atoms with Crippen molar-refractivity contribution in [2.24, 2.45) is 0 Å². The number of oxazole rings is 1. The third kappa shape index (κ3) is 3.19. The van der Waals surface area contributed by atoms with Gasteiger partial charge in [-0.2, -0.15) is 0 Å². The van der Waals surface area contributed by atoms with Crippen molar-refractivity contribution in [2.45, 2.75) is 38.8 Å². The van der Waals surface area contributed by atoms with Gasteiger partial charge in [0, 0.05) is 18.7 Å². The van der Waals surface area contributed by atoms with E-state index in [9.17, 15) is 9.18 Å². The van der Waals surface area contributed by atoms with Crippen molar-refractivity contribution in [3.63, 3.8) is 0 Å². The van der Waals surface area contributed by atoms with Crippen LogP contribution in [0.3, 0.4) is 0 Å². The molecule has 1 aromatic carbocycles. The van der Waals surface area contributed by atoms with E-state index in [0.29, 0.717) is 24.7 Å². The molecule has 1 unspecified atom stereocenters. The summed E-state index contributed by atoms with van der Waals surface area (Å²) in [6.07, 6.45) is 3.35. The zero-order valence-electron chi connectivity index (χ0n) is 14.0. The van der Waals surface area contributed by atoms with E-state index in [-0.39, 0.29) is 11.7 Å². The van der Waals surface area contributed by atoms with Crippen molar-refractivity contribution in [2.75, 3.05) is 13.1 Å². The van der Waals surface area contributed by atoms with Crippen LogP contribution in [0.25, 0.3) is 11.3 Å². The van der Waals surface area contributed by atoms with Crippen molar-refractivity contribution < 1.29 is 13.6 Å². The molecule has 1 N–H and O–H groups in total. The Morgan fingerprint density at radius 1 is 1.38 bits per heavy atom. The number of amides is 1.